The molecule has 29 heavy (non-hydrogen) atoms. The largest absolute Gasteiger partial charge is 0.261 e. The molecule has 0 aliphatic rings. The third kappa shape index (κ3) is 4.92. The normalized spacial score (nSPS) is 10.4. The molecule has 0 N–H and O–H groups in total. The van der Waals surface area contributed by atoms with Gasteiger partial charge in [-0.2, -0.15) is 5.10 Å². The molecule has 0 bridgehead atoms. The molecular formula is C26H21ClN2. The summed E-state index contributed by atoms with van der Waals surface area (Å²) >= 11 is 6.12. The Morgan fingerprint density at radius 1 is 0.621 bits per heavy atom. The van der Waals surface area contributed by atoms with E-state index in [1.54, 1.807) is 0 Å². The minimum Gasteiger partial charge on any atom is -0.261 e. The molecule has 0 aliphatic heterocycles. The Bertz CT molecular complexity index is 1020. The molecule has 142 valence electrons. The minimum atomic E-state index is 0.658. The van der Waals surface area contributed by atoms with E-state index in [0.717, 1.165) is 22.5 Å². The van der Waals surface area contributed by atoms with E-state index < -0.39 is 0 Å². The van der Waals surface area contributed by atoms with Gasteiger partial charge in [-0.25, -0.2) is 0 Å². The summed E-state index contributed by atoms with van der Waals surface area (Å²) in [4.78, 5) is 0. The van der Waals surface area contributed by atoms with Gasteiger partial charge in [0.2, 0.25) is 0 Å². The van der Waals surface area contributed by atoms with Gasteiger partial charge < -0.3 is 0 Å². The highest BCUT2D eigenvalue weighted by Gasteiger charge is 2.12. The molecule has 4 aromatic carbocycles. The summed E-state index contributed by atoms with van der Waals surface area (Å²) in [7, 11) is 0. The summed E-state index contributed by atoms with van der Waals surface area (Å²) < 4.78 is 0. The summed E-state index contributed by atoms with van der Waals surface area (Å²) in [6, 6.07) is 38.7. The average Bonchev–Trinajstić information content (AvgIpc) is 2.79. The smallest absolute Gasteiger partial charge is 0.0980 e. The summed E-state index contributed by atoms with van der Waals surface area (Å²) in [5.41, 5.74) is 5.25. The zero-order chi connectivity index (χ0) is 19.9. The Kier molecular flexibility index (Phi) is 6.04. The summed E-state index contributed by atoms with van der Waals surface area (Å²) in [6.07, 6.45) is 0. The van der Waals surface area contributed by atoms with Gasteiger partial charge in [-0.15, -0.1) is 0 Å². The molecule has 0 amide bonds. The van der Waals surface area contributed by atoms with E-state index in [2.05, 4.69) is 36.4 Å². The molecule has 0 spiro atoms. The summed E-state index contributed by atoms with van der Waals surface area (Å²) in [5.74, 6) is 0. The average molecular weight is 397 g/mol. The zero-order valence-corrected chi connectivity index (χ0v) is 16.7. The quantitative estimate of drug-likeness (QED) is 0.258. The Morgan fingerprint density at radius 2 is 1.10 bits per heavy atom. The Hall–Kier alpha value is -3.36. The van der Waals surface area contributed by atoms with Crippen molar-refractivity contribution in [2.24, 2.45) is 5.10 Å². The first-order valence-electron chi connectivity index (χ1n) is 9.56. The van der Waals surface area contributed by atoms with Crippen molar-refractivity contribution >= 4 is 23.0 Å². The number of hydrazone groups is 1. The van der Waals surface area contributed by atoms with Crippen molar-refractivity contribution in [3.63, 3.8) is 0 Å². The van der Waals surface area contributed by atoms with Crippen LogP contribution in [0.1, 0.15) is 16.7 Å². The molecule has 0 saturated heterocycles. The van der Waals surface area contributed by atoms with E-state index in [0.29, 0.717) is 11.6 Å². The number of anilines is 1. The standard InChI is InChI=1S/C26H21ClN2/c27-24-16-18-25(19-17-24)29(20-21-10-4-1-5-11-21)28-26(22-12-6-2-7-13-22)23-14-8-3-9-15-23/h1-19H,20H2. The molecule has 0 atom stereocenters. The second-order valence-corrected chi connectivity index (χ2v) is 7.14. The number of nitrogens with zero attached hydrogens (tertiary/aromatic N) is 2. The van der Waals surface area contributed by atoms with E-state index in [1.807, 2.05) is 83.9 Å². The van der Waals surface area contributed by atoms with Gasteiger partial charge in [-0.1, -0.05) is 103 Å². The number of hydrogen-bond acceptors (Lipinski definition) is 2. The van der Waals surface area contributed by atoms with Gasteiger partial charge in [-0.3, -0.25) is 5.01 Å². The van der Waals surface area contributed by atoms with Crippen LogP contribution in [0.3, 0.4) is 0 Å². The van der Waals surface area contributed by atoms with Crippen molar-refractivity contribution in [2.45, 2.75) is 6.54 Å². The fourth-order valence-corrected chi connectivity index (χ4v) is 3.27. The third-order valence-electron chi connectivity index (χ3n) is 4.61. The molecule has 4 aromatic rings. The van der Waals surface area contributed by atoms with Crippen LogP contribution in [0.15, 0.2) is 120 Å². The first-order valence-corrected chi connectivity index (χ1v) is 9.94. The van der Waals surface area contributed by atoms with Crippen LogP contribution >= 0.6 is 11.6 Å². The summed E-state index contributed by atoms with van der Waals surface area (Å²) in [6.45, 7) is 0.658. The van der Waals surface area contributed by atoms with E-state index in [4.69, 9.17) is 16.7 Å². The molecule has 0 unspecified atom stereocenters. The van der Waals surface area contributed by atoms with Crippen molar-refractivity contribution < 1.29 is 0 Å². The number of hydrogen-bond donors (Lipinski definition) is 0. The van der Waals surface area contributed by atoms with Crippen LogP contribution in [0.5, 0.6) is 0 Å². The van der Waals surface area contributed by atoms with Crippen molar-refractivity contribution in [3.8, 4) is 0 Å². The lowest BCUT2D eigenvalue weighted by atomic mass is 10.0. The molecule has 0 fully saturated rings. The van der Waals surface area contributed by atoms with Gasteiger partial charge in [0.15, 0.2) is 0 Å². The maximum absolute atomic E-state index is 6.12. The van der Waals surface area contributed by atoms with Gasteiger partial charge >= 0.3 is 0 Å². The summed E-state index contributed by atoms with van der Waals surface area (Å²) in [5, 5.41) is 7.86. The second kappa shape index (κ2) is 9.22. The monoisotopic (exact) mass is 396 g/mol. The van der Waals surface area contributed by atoms with Crippen molar-refractivity contribution in [2.75, 3.05) is 5.01 Å². The highest BCUT2D eigenvalue weighted by Crippen LogP contribution is 2.22. The first kappa shape index (κ1) is 19.0. The first-order chi connectivity index (χ1) is 14.3. The highest BCUT2D eigenvalue weighted by atomic mass is 35.5. The molecule has 4 rings (SSSR count). The number of halogens is 1. The van der Waals surface area contributed by atoms with E-state index in [1.165, 1.54) is 5.56 Å². The second-order valence-electron chi connectivity index (χ2n) is 6.70. The van der Waals surface area contributed by atoms with Gasteiger partial charge in [0.25, 0.3) is 0 Å². The van der Waals surface area contributed by atoms with Crippen molar-refractivity contribution in [1.29, 1.82) is 0 Å². The van der Waals surface area contributed by atoms with E-state index in [9.17, 15) is 0 Å². The molecule has 0 saturated carbocycles. The predicted octanol–water partition coefficient (Wildman–Crippen LogP) is 6.80. The van der Waals surface area contributed by atoms with Gasteiger partial charge in [0.05, 0.1) is 17.9 Å². The highest BCUT2D eigenvalue weighted by molar-refractivity contribution is 6.30. The van der Waals surface area contributed by atoms with Crippen LogP contribution in [0.2, 0.25) is 5.02 Å². The maximum atomic E-state index is 6.12. The lowest BCUT2D eigenvalue weighted by molar-refractivity contribution is 0.855. The van der Waals surface area contributed by atoms with Crippen LogP contribution < -0.4 is 5.01 Å². The van der Waals surface area contributed by atoms with Crippen molar-refractivity contribution in [3.05, 3.63) is 137 Å². The van der Waals surface area contributed by atoms with Gasteiger partial charge in [-0.05, 0) is 29.8 Å². The van der Waals surface area contributed by atoms with E-state index >= 15 is 0 Å². The van der Waals surface area contributed by atoms with Crippen LogP contribution in [-0.4, -0.2) is 5.71 Å². The van der Waals surface area contributed by atoms with Crippen LogP contribution in [-0.2, 0) is 6.54 Å². The molecule has 0 aliphatic carbocycles. The SMILES string of the molecule is Clc1ccc(N(Cc2ccccc2)N=C(c2ccccc2)c2ccccc2)cc1. The molecule has 0 aromatic heterocycles. The van der Waals surface area contributed by atoms with Gasteiger partial charge in [0.1, 0.15) is 0 Å². The van der Waals surface area contributed by atoms with Crippen LogP contribution in [0.25, 0.3) is 0 Å². The minimum absolute atomic E-state index is 0.658. The molecular weight excluding hydrogens is 376 g/mol. The van der Waals surface area contributed by atoms with Crippen LogP contribution in [0, 0.1) is 0 Å². The number of benzene rings is 4. The van der Waals surface area contributed by atoms with E-state index in [-0.39, 0.29) is 0 Å². The van der Waals surface area contributed by atoms with Gasteiger partial charge in [0, 0.05) is 16.1 Å². The third-order valence-corrected chi connectivity index (χ3v) is 4.87. The Morgan fingerprint density at radius 3 is 1.62 bits per heavy atom. The lowest BCUT2D eigenvalue weighted by Gasteiger charge is -2.22. The Labute approximate surface area is 176 Å². The topological polar surface area (TPSA) is 15.6 Å². The molecule has 0 heterocycles. The Balaban J connectivity index is 1.82. The van der Waals surface area contributed by atoms with Crippen LogP contribution in [0.4, 0.5) is 5.69 Å². The lowest BCUT2D eigenvalue weighted by Crippen LogP contribution is -2.19. The van der Waals surface area contributed by atoms with Crippen molar-refractivity contribution in [1.82, 2.24) is 0 Å². The fourth-order valence-electron chi connectivity index (χ4n) is 3.15. The number of rotatable bonds is 6. The zero-order valence-electron chi connectivity index (χ0n) is 15.9. The molecule has 2 nitrogen and oxygen atoms in total. The maximum Gasteiger partial charge on any atom is 0.0980 e. The molecule has 0 radical (unpaired) electrons. The fraction of sp³-hybridized carbons (Fsp3) is 0.0385. The molecule has 3 heteroatoms. The predicted molar refractivity (Wildman–Crippen MR) is 123 cm³/mol.